The number of anilines is 1. The highest BCUT2D eigenvalue weighted by Gasteiger charge is 2.08. The second-order valence-electron chi connectivity index (χ2n) is 5.25. The zero-order valence-corrected chi connectivity index (χ0v) is 14.9. The number of benzene rings is 2. The molecule has 0 saturated carbocycles. The Labute approximate surface area is 154 Å². The number of nitriles is 1. The highest BCUT2D eigenvalue weighted by molar-refractivity contribution is 7.99. The maximum atomic E-state index is 12.0. The van der Waals surface area contributed by atoms with Crippen LogP contribution in [0.5, 0.6) is 0 Å². The van der Waals surface area contributed by atoms with E-state index in [9.17, 15) is 4.79 Å². The minimum atomic E-state index is -0.0540. The summed E-state index contributed by atoms with van der Waals surface area (Å²) in [5.74, 6) is 1.14. The van der Waals surface area contributed by atoms with Crippen LogP contribution in [-0.2, 0) is 10.5 Å². The van der Waals surface area contributed by atoms with Crippen molar-refractivity contribution < 1.29 is 4.79 Å². The van der Waals surface area contributed by atoms with E-state index in [4.69, 9.17) is 5.26 Å². The van der Waals surface area contributed by atoms with Crippen molar-refractivity contribution >= 4 is 34.1 Å². The van der Waals surface area contributed by atoms with Gasteiger partial charge in [-0.25, -0.2) is 4.98 Å². The zero-order valence-electron chi connectivity index (χ0n) is 13.3. The second-order valence-corrected chi connectivity index (χ2v) is 7.10. The number of carbonyl (C=O) groups is 1. The van der Waals surface area contributed by atoms with Gasteiger partial charge in [0.2, 0.25) is 5.91 Å². The summed E-state index contributed by atoms with van der Waals surface area (Å²) < 4.78 is 0. The molecule has 0 bridgehead atoms. The number of rotatable bonds is 6. The number of nitrogens with zero attached hydrogens (tertiary/aromatic N) is 2. The monoisotopic (exact) mass is 365 g/mol. The molecule has 0 atom stereocenters. The number of hydrogen-bond donors (Lipinski definition) is 1. The smallest absolute Gasteiger partial charge is 0.236 e. The van der Waals surface area contributed by atoms with E-state index < -0.39 is 0 Å². The average molecular weight is 365 g/mol. The molecule has 6 heteroatoms. The molecule has 0 aliphatic heterocycles. The van der Waals surface area contributed by atoms with E-state index in [-0.39, 0.29) is 5.91 Å². The number of carbonyl (C=O) groups excluding carboxylic acids is 1. The van der Waals surface area contributed by atoms with Crippen molar-refractivity contribution in [2.75, 3.05) is 11.1 Å². The molecule has 0 fully saturated rings. The SMILES string of the molecule is N#Cc1ccc(-c2csc(NC(=O)CSCc3ccccc3)n2)cc1. The predicted octanol–water partition coefficient (Wildman–Crippen LogP) is 4.55. The first-order valence-corrected chi connectivity index (χ1v) is 9.65. The van der Waals surface area contributed by atoms with E-state index in [1.165, 1.54) is 16.9 Å². The van der Waals surface area contributed by atoms with Gasteiger partial charge in [0.15, 0.2) is 5.13 Å². The largest absolute Gasteiger partial charge is 0.301 e. The summed E-state index contributed by atoms with van der Waals surface area (Å²) in [4.78, 5) is 16.5. The topological polar surface area (TPSA) is 65.8 Å². The van der Waals surface area contributed by atoms with E-state index in [0.29, 0.717) is 16.4 Å². The van der Waals surface area contributed by atoms with Crippen molar-refractivity contribution in [1.82, 2.24) is 4.98 Å². The van der Waals surface area contributed by atoms with Gasteiger partial charge in [0.1, 0.15) is 0 Å². The minimum absolute atomic E-state index is 0.0540. The molecular formula is C19H15N3OS2. The summed E-state index contributed by atoms with van der Waals surface area (Å²) in [6.07, 6.45) is 0. The third kappa shape index (κ3) is 4.92. The molecular weight excluding hydrogens is 350 g/mol. The Bertz CT molecular complexity index is 883. The Morgan fingerprint density at radius 1 is 1.16 bits per heavy atom. The molecule has 0 spiro atoms. The maximum absolute atomic E-state index is 12.0. The van der Waals surface area contributed by atoms with Crippen LogP contribution in [0.25, 0.3) is 11.3 Å². The molecule has 0 unspecified atom stereocenters. The van der Waals surface area contributed by atoms with E-state index >= 15 is 0 Å². The Balaban J connectivity index is 1.52. The lowest BCUT2D eigenvalue weighted by Gasteiger charge is -2.02. The number of thiazole rings is 1. The highest BCUT2D eigenvalue weighted by Crippen LogP contribution is 2.25. The van der Waals surface area contributed by atoms with Gasteiger partial charge in [0.05, 0.1) is 23.1 Å². The quantitative estimate of drug-likeness (QED) is 0.696. The molecule has 1 heterocycles. The van der Waals surface area contributed by atoms with Gasteiger partial charge in [-0.15, -0.1) is 23.1 Å². The van der Waals surface area contributed by atoms with Crippen LogP contribution in [0.15, 0.2) is 60.0 Å². The fraction of sp³-hybridized carbons (Fsp3) is 0.105. The zero-order chi connectivity index (χ0) is 17.5. The number of amides is 1. The van der Waals surface area contributed by atoms with Gasteiger partial charge in [-0.1, -0.05) is 42.5 Å². The first kappa shape index (κ1) is 17.2. The number of hydrogen-bond acceptors (Lipinski definition) is 5. The first-order valence-electron chi connectivity index (χ1n) is 7.62. The second kappa shape index (κ2) is 8.47. The number of aromatic nitrogens is 1. The van der Waals surface area contributed by atoms with Crippen molar-refractivity contribution in [2.45, 2.75) is 5.75 Å². The minimum Gasteiger partial charge on any atom is -0.301 e. The number of nitrogens with one attached hydrogen (secondary N) is 1. The molecule has 3 aromatic rings. The van der Waals surface area contributed by atoms with Gasteiger partial charge < -0.3 is 5.32 Å². The normalized spacial score (nSPS) is 10.2. The molecule has 0 aliphatic carbocycles. The molecule has 25 heavy (non-hydrogen) atoms. The van der Waals surface area contributed by atoms with Crippen molar-refractivity contribution in [1.29, 1.82) is 5.26 Å². The predicted molar refractivity (Wildman–Crippen MR) is 103 cm³/mol. The summed E-state index contributed by atoms with van der Waals surface area (Å²) in [6, 6.07) is 19.4. The average Bonchev–Trinajstić information content (AvgIpc) is 3.11. The van der Waals surface area contributed by atoms with Crippen molar-refractivity contribution in [3.63, 3.8) is 0 Å². The lowest BCUT2D eigenvalue weighted by molar-refractivity contribution is -0.113. The van der Waals surface area contributed by atoms with Gasteiger partial charge >= 0.3 is 0 Å². The summed E-state index contributed by atoms with van der Waals surface area (Å²) >= 11 is 2.97. The van der Waals surface area contributed by atoms with Gasteiger partial charge in [0, 0.05) is 16.7 Å². The van der Waals surface area contributed by atoms with Crippen molar-refractivity contribution in [2.24, 2.45) is 0 Å². The highest BCUT2D eigenvalue weighted by atomic mass is 32.2. The standard InChI is InChI=1S/C19H15N3OS2/c20-10-14-6-8-16(9-7-14)17-12-25-19(21-17)22-18(23)13-24-11-15-4-2-1-3-5-15/h1-9,12H,11,13H2,(H,21,22,23). The first-order chi connectivity index (χ1) is 12.2. The fourth-order valence-electron chi connectivity index (χ4n) is 2.17. The number of thioether (sulfide) groups is 1. The van der Waals surface area contributed by atoms with Crippen LogP contribution < -0.4 is 5.32 Å². The molecule has 4 nitrogen and oxygen atoms in total. The third-order valence-corrected chi connectivity index (χ3v) is 5.17. The molecule has 1 amide bonds. The van der Waals surface area contributed by atoms with Crippen LogP contribution in [0.3, 0.4) is 0 Å². The van der Waals surface area contributed by atoms with Crippen LogP contribution in [0.2, 0.25) is 0 Å². The van der Waals surface area contributed by atoms with E-state index in [0.717, 1.165) is 17.0 Å². The fourth-order valence-corrected chi connectivity index (χ4v) is 3.69. The molecule has 1 N–H and O–H groups in total. The van der Waals surface area contributed by atoms with E-state index in [2.05, 4.69) is 28.5 Å². The maximum Gasteiger partial charge on any atom is 0.236 e. The molecule has 0 saturated heterocycles. The molecule has 124 valence electrons. The molecule has 3 rings (SSSR count). The summed E-state index contributed by atoms with van der Waals surface area (Å²) in [5, 5.41) is 14.2. The van der Waals surface area contributed by atoms with Gasteiger partial charge in [-0.3, -0.25) is 4.79 Å². The van der Waals surface area contributed by atoms with E-state index in [1.807, 2.05) is 35.7 Å². The summed E-state index contributed by atoms with van der Waals surface area (Å²) in [7, 11) is 0. The Kier molecular flexibility index (Phi) is 5.83. The lowest BCUT2D eigenvalue weighted by atomic mass is 10.1. The Morgan fingerprint density at radius 2 is 1.92 bits per heavy atom. The Morgan fingerprint density at radius 3 is 2.64 bits per heavy atom. The van der Waals surface area contributed by atoms with Crippen LogP contribution in [0.4, 0.5) is 5.13 Å². The summed E-state index contributed by atoms with van der Waals surface area (Å²) in [6.45, 7) is 0. The van der Waals surface area contributed by atoms with Crippen LogP contribution in [-0.4, -0.2) is 16.6 Å². The third-order valence-electron chi connectivity index (χ3n) is 3.41. The van der Waals surface area contributed by atoms with Crippen LogP contribution >= 0.6 is 23.1 Å². The van der Waals surface area contributed by atoms with Crippen LogP contribution in [0.1, 0.15) is 11.1 Å². The Hall–Kier alpha value is -2.62. The molecule has 2 aromatic carbocycles. The van der Waals surface area contributed by atoms with Gasteiger partial charge in [-0.2, -0.15) is 5.26 Å². The lowest BCUT2D eigenvalue weighted by Crippen LogP contribution is -2.13. The van der Waals surface area contributed by atoms with Crippen LogP contribution in [0, 0.1) is 11.3 Å². The van der Waals surface area contributed by atoms with Gasteiger partial charge in [0.25, 0.3) is 0 Å². The van der Waals surface area contributed by atoms with Crippen molar-refractivity contribution in [3.8, 4) is 17.3 Å². The summed E-state index contributed by atoms with van der Waals surface area (Å²) in [5.41, 5.74) is 3.54. The van der Waals surface area contributed by atoms with Gasteiger partial charge in [-0.05, 0) is 17.7 Å². The molecule has 0 radical (unpaired) electrons. The molecule has 0 aliphatic rings. The van der Waals surface area contributed by atoms with Crippen molar-refractivity contribution in [3.05, 3.63) is 71.1 Å². The molecule has 1 aromatic heterocycles. The van der Waals surface area contributed by atoms with E-state index in [1.54, 1.807) is 23.9 Å².